The molecule has 0 aromatic heterocycles. The van der Waals surface area contributed by atoms with Crippen LogP contribution in [0.1, 0.15) is 27.2 Å². The first kappa shape index (κ1) is 14.5. The summed E-state index contributed by atoms with van der Waals surface area (Å²) in [6, 6.07) is 0. The van der Waals surface area contributed by atoms with Crippen molar-refractivity contribution in [2.45, 2.75) is 32.8 Å². The molecule has 1 rings (SSSR count). The van der Waals surface area contributed by atoms with Gasteiger partial charge in [0.15, 0.2) is 0 Å². The maximum atomic E-state index is 13.7. The van der Waals surface area contributed by atoms with Crippen molar-refractivity contribution in [3.63, 3.8) is 0 Å². The van der Waals surface area contributed by atoms with Crippen LogP contribution in [0.3, 0.4) is 0 Å². The molecule has 0 radical (unpaired) electrons. The third-order valence-corrected chi connectivity index (χ3v) is 2.37. The smallest absolute Gasteiger partial charge is 0.410 e. The Labute approximate surface area is 106 Å². The number of carbonyl (C=O) groups is 2. The normalized spacial score (nSPS) is 16.6. The van der Waals surface area contributed by atoms with Crippen molar-refractivity contribution in [1.82, 2.24) is 4.90 Å². The van der Waals surface area contributed by atoms with E-state index in [9.17, 15) is 14.0 Å². The number of esters is 1. The summed E-state index contributed by atoms with van der Waals surface area (Å²) >= 11 is 0. The zero-order valence-corrected chi connectivity index (χ0v) is 11.1. The second kappa shape index (κ2) is 5.37. The molecule has 1 amide bonds. The highest BCUT2D eigenvalue weighted by Gasteiger charge is 2.29. The van der Waals surface area contributed by atoms with Crippen LogP contribution >= 0.6 is 0 Å². The van der Waals surface area contributed by atoms with Crippen LogP contribution in [0.25, 0.3) is 0 Å². The van der Waals surface area contributed by atoms with Gasteiger partial charge in [-0.25, -0.2) is 14.0 Å². The number of hydrogen-bond acceptors (Lipinski definition) is 4. The topological polar surface area (TPSA) is 55.8 Å². The van der Waals surface area contributed by atoms with Gasteiger partial charge in [0.1, 0.15) is 11.4 Å². The van der Waals surface area contributed by atoms with Crippen molar-refractivity contribution in [3.05, 3.63) is 11.4 Å². The molecule has 102 valence electrons. The van der Waals surface area contributed by atoms with Gasteiger partial charge < -0.3 is 14.4 Å². The molecule has 0 unspecified atom stereocenters. The summed E-state index contributed by atoms with van der Waals surface area (Å²) in [5, 5.41) is 0. The summed E-state index contributed by atoms with van der Waals surface area (Å²) in [5.41, 5.74) is -0.628. The van der Waals surface area contributed by atoms with E-state index in [0.717, 1.165) is 0 Å². The molecule has 0 atom stereocenters. The lowest BCUT2D eigenvalue weighted by Gasteiger charge is -2.29. The van der Waals surface area contributed by atoms with E-state index in [1.54, 1.807) is 20.8 Å². The SMILES string of the molecule is COC(=O)C1=C(F)CN(C(=O)OC(C)(C)C)CC1. The van der Waals surface area contributed by atoms with Gasteiger partial charge in [0.25, 0.3) is 0 Å². The molecule has 6 heteroatoms. The summed E-state index contributed by atoms with van der Waals surface area (Å²) in [4.78, 5) is 24.2. The molecule has 0 aromatic carbocycles. The van der Waals surface area contributed by atoms with Crippen LogP contribution < -0.4 is 0 Å². The quantitative estimate of drug-likeness (QED) is 0.676. The van der Waals surface area contributed by atoms with E-state index < -0.39 is 23.5 Å². The van der Waals surface area contributed by atoms with E-state index in [2.05, 4.69) is 4.74 Å². The maximum Gasteiger partial charge on any atom is 0.410 e. The van der Waals surface area contributed by atoms with Crippen molar-refractivity contribution < 1.29 is 23.5 Å². The summed E-state index contributed by atoms with van der Waals surface area (Å²) < 4.78 is 23.3. The molecule has 0 bridgehead atoms. The highest BCUT2D eigenvalue weighted by Crippen LogP contribution is 2.21. The molecule has 1 aliphatic rings. The van der Waals surface area contributed by atoms with Crippen LogP contribution in [0, 0.1) is 0 Å². The number of nitrogens with zero attached hydrogens (tertiary/aromatic N) is 1. The van der Waals surface area contributed by atoms with E-state index in [1.165, 1.54) is 12.0 Å². The molecular weight excluding hydrogens is 241 g/mol. The number of halogens is 1. The standard InChI is InChI=1S/C12H18FNO4/c1-12(2,3)18-11(16)14-6-5-8(9(13)7-14)10(15)17-4/h5-7H2,1-4H3. The van der Waals surface area contributed by atoms with Crippen molar-refractivity contribution in [3.8, 4) is 0 Å². The van der Waals surface area contributed by atoms with Crippen LogP contribution in [0.15, 0.2) is 11.4 Å². The van der Waals surface area contributed by atoms with Gasteiger partial charge >= 0.3 is 12.1 Å². The Morgan fingerprint density at radius 1 is 1.33 bits per heavy atom. The number of methoxy groups -OCH3 is 1. The summed E-state index contributed by atoms with van der Waals surface area (Å²) in [5.74, 6) is -1.32. The van der Waals surface area contributed by atoms with Crippen molar-refractivity contribution in [1.29, 1.82) is 0 Å². The van der Waals surface area contributed by atoms with Gasteiger partial charge in [-0.15, -0.1) is 0 Å². The van der Waals surface area contributed by atoms with Crippen molar-refractivity contribution >= 4 is 12.1 Å². The van der Waals surface area contributed by atoms with Gasteiger partial charge in [-0.1, -0.05) is 0 Å². The summed E-state index contributed by atoms with van der Waals surface area (Å²) in [7, 11) is 1.20. The molecular formula is C12H18FNO4. The first-order valence-electron chi connectivity index (χ1n) is 5.68. The predicted octanol–water partition coefficient (Wildman–Crippen LogP) is 2.02. The number of carbonyl (C=O) groups excluding carboxylic acids is 2. The molecule has 0 saturated heterocycles. The van der Waals surface area contributed by atoms with E-state index in [0.29, 0.717) is 0 Å². The van der Waals surface area contributed by atoms with Crippen LogP contribution in [-0.4, -0.2) is 42.8 Å². The van der Waals surface area contributed by atoms with Gasteiger partial charge in [0.2, 0.25) is 0 Å². The summed E-state index contributed by atoms with van der Waals surface area (Å²) in [6.07, 6.45) is -0.445. The van der Waals surface area contributed by atoms with Crippen LogP contribution in [-0.2, 0) is 14.3 Å². The first-order valence-corrected chi connectivity index (χ1v) is 5.68. The van der Waals surface area contributed by atoms with Crippen LogP contribution in [0.2, 0.25) is 0 Å². The van der Waals surface area contributed by atoms with Crippen LogP contribution in [0.4, 0.5) is 9.18 Å². The maximum absolute atomic E-state index is 13.7. The minimum atomic E-state index is -0.684. The number of ether oxygens (including phenoxy) is 2. The molecule has 18 heavy (non-hydrogen) atoms. The number of amides is 1. The zero-order chi connectivity index (χ0) is 13.9. The van der Waals surface area contributed by atoms with E-state index in [4.69, 9.17) is 4.74 Å². The lowest BCUT2D eigenvalue weighted by molar-refractivity contribution is -0.136. The largest absolute Gasteiger partial charge is 0.466 e. The Hall–Kier alpha value is -1.59. The molecule has 0 saturated carbocycles. The molecule has 5 nitrogen and oxygen atoms in total. The monoisotopic (exact) mass is 259 g/mol. The van der Waals surface area contributed by atoms with E-state index >= 15 is 0 Å². The summed E-state index contributed by atoms with van der Waals surface area (Å²) in [6.45, 7) is 5.20. The fourth-order valence-electron chi connectivity index (χ4n) is 1.54. The van der Waals surface area contributed by atoms with Gasteiger partial charge in [0, 0.05) is 6.54 Å². The lowest BCUT2D eigenvalue weighted by Crippen LogP contribution is -2.41. The molecule has 0 fully saturated rings. The highest BCUT2D eigenvalue weighted by atomic mass is 19.1. The van der Waals surface area contributed by atoms with Gasteiger partial charge in [0.05, 0.1) is 19.2 Å². The molecule has 1 aliphatic heterocycles. The average molecular weight is 259 g/mol. The minimum absolute atomic E-state index is 0.00249. The third-order valence-electron chi connectivity index (χ3n) is 2.37. The van der Waals surface area contributed by atoms with Gasteiger partial charge in [-0.3, -0.25) is 0 Å². The number of hydrogen-bond donors (Lipinski definition) is 0. The molecule has 0 aromatic rings. The Balaban J connectivity index is 2.69. The Morgan fingerprint density at radius 3 is 2.39 bits per heavy atom. The first-order chi connectivity index (χ1) is 8.24. The Kier molecular flexibility index (Phi) is 4.32. The zero-order valence-electron chi connectivity index (χ0n) is 11.1. The number of rotatable bonds is 1. The van der Waals surface area contributed by atoms with Gasteiger partial charge in [-0.05, 0) is 27.2 Å². The molecule has 0 aliphatic carbocycles. The van der Waals surface area contributed by atoms with E-state index in [1.807, 2.05) is 0 Å². The predicted molar refractivity (Wildman–Crippen MR) is 62.6 cm³/mol. The average Bonchev–Trinajstić information content (AvgIpc) is 2.25. The second-order valence-electron chi connectivity index (χ2n) is 5.03. The fraction of sp³-hybridized carbons (Fsp3) is 0.667. The highest BCUT2D eigenvalue weighted by molar-refractivity contribution is 5.89. The molecule has 0 N–H and O–H groups in total. The second-order valence-corrected chi connectivity index (χ2v) is 5.03. The lowest BCUT2D eigenvalue weighted by atomic mass is 10.1. The minimum Gasteiger partial charge on any atom is -0.466 e. The van der Waals surface area contributed by atoms with Crippen molar-refractivity contribution in [2.24, 2.45) is 0 Å². The van der Waals surface area contributed by atoms with Crippen molar-refractivity contribution in [2.75, 3.05) is 20.2 Å². The fourth-order valence-corrected chi connectivity index (χ4v) is 1.54. The molecule has 1 heterocycles. The van der Waals surface area contributed by atoms with E-state index in [-0.39, 0.29) is 25.1 Å². The Bertz CT molecular complexity index is 384. The van der Waals surface area contributed by atoms with Crippen LogP contribution in [0.5, 0.6) is 0 Å². The Morgan fingerprint density at radius 2 is 1.94 bits per heavy atom. The third kappa shape index (κ3) is 3.72. The van der Waals surface area contributed by atoms with Gasteiger partial charge in [-0.2, -0.15) is 0 Å². The molecule has 0 spiro atoms.